The Balaban J connectivity index is 2.31. The van der Waals surface area contributed by atoms with Gasteiger partial charge in [0.25, 0.3) is 5.91 Å². The molecule has 0 aromatic heterocycles. The summed E-state index contributed by atoms with van der Waals surface area (Å²) in [5, 5.41) is 3.29. The molecular formula is C15H22N2O3. The molecular weight excluding hydrogens is 256 g/mol. The molecule has 20 heavy (non-hydrogen) atoms. The normalized spacial score (nSPS) is 17.9. The number of likely N-dealkylation sites (N-methyl/N-ethyl adjacent to an activating group) is 1. The van der Waals surface area contributed by atoms with Crippen molar-refractivity contribution in [2.75, 3.05) is 33.9 Å². The summed E-state index contributed by atoms with van der Waals surface area (Å²) in [6.45, 7) is 4.50. The molecule has 1 atom stereocenters. The van der Waals surface area contributed by atoms with E-state index in [4.69, 9.17) is 9.47 Å². The summed E-state index contributed by atoms with van der Waals surface area (Å²) in [7, 11) is 3.13. The van der Waals surface area contributed by atoms with E-state index in [-0.39, 0.29) is 11.9 Å². The van der Waals surface area contributed by atoms with E-state index in [0.717, 1.165) is 19.5 Å². The number of methoxy groups -OCH3 is 2. The highest BCUT2D eigenvalue weighted by molar-refractivity contribution is 5.98. The summed E-state index contributed by atoms with van der Waals surface area (Å²) in [4.78, 5) is 14.7. The van der Waals surface area contributed by atoms with E-state index < -0.39 is 0 Å². The molecule has 5 heteroatoms. The Morgan fingerprint density at radius 2 is 2.20 bits per heavy atom. The number of amides is 1. The van der Waals surface area contributed by atoms with Gasteiger partial charge in [0, 0.05) is 19.1 Å². The summed E-state index contributed by atoms with van der Waals surface area (Å²) in [5.41, 5.74) is 0.556. The van der Waals surface area contributed by atoms with Crippen molar-refractivity contribution >= 4 is 5.91 Å². The number of nitrogens with zero attached hydrogens (tertiary/aromatic N) is 1. The number of ether oxygens (including phenoxy) is 2. The van der Waals surface area contributed by atoms with Crippen LogP contribution in [0.15, 0.2) is 18.2 Å². The summed E-state index contributed by atoms with van der Waals surface area (Å²) >= 11 is 0. The van der Waals surface area contributed by atoms with Crippen LogP contribution in [0.2, 0.25) is 0 Å². The van der Waals surface area contributed by atoms with E-state index in [1.165, 1.54) is 0 Å². The first-order valence-electron chi connectivity index (χ1n) is 6.95. The Hall–Kier alpha value is -1.75. The van der Waals surface area contributed by atoms with Crippen LogP contribution in [0.4, 0.5) is 0 Å². The maximum atomic E-state index is 12.8. The van der Waals surface area contributed by atoms with Gasteiger partial charge in [0.05, 0.1) is 19.8 Å². The first-order chi connectivity index (χ1) is 9.72. The molecule has 0 aliphatic carbocycles. The highest BCUT2D eigenvalue weighted by Crippen LogP contribution is 2.32. The Morgan fingerprint density at radius 1 is 1.40 bits per heavy atom. The largest absolute Gasteiger partial charge is 0.493 e. The Morgan fingerprint density at radius 3 is 2.75 bits per heavy atom. The van der Waals surface area contributed by atoms with Crippen LogP contribution < -0.4 is 14.8 Å². The monoisotopic (exact) mass is 278 g/mol. The number of hydrogen-bond acceptors (Lipinski definition) is 4. The number of hydrogen-bond donors (Lipinski definition) is 1. The fraction of sp³-hybridized carbons (Fsp3) is 0.533. The second-order valence-electron chi connectivity index (χ2n) is 4.78. The van der Waals surface area contributed by atoms with Crippen LogP contribution in [0.25, 0.3) is 0 Å². The van der Waals surface area contributed by atoms with Gasteiger partial charge in [-0.1, -0.05) is 6.07 Å². The zero-order chi connectivity index (χ0) is 14.5. The number of carbonyl (C=O) groups excluding carboxylic acids is 1. The third-order valence-corrected chi connectivity index (χ3v) is 3.71. The van der Waals surface area contributed by atoms with Crippen LogP contribution in [0.1, 0.15) is 23.7 Å². The molecule has 0 spiro atoms. The minimum atomic E-state index is -0.00282. The van der Waals surface area contributed by atoms with Gasteiger partial charge >= 0.3 is 0 Å². The third-order valence-electron chi connectivity index (χ3n) is 3.71. The molecule has 0 radical (unpaired) electrons. The number of rotatable bonds is 5. The van der Waals surface area contributed by atoms with Gasteiger partial charge in [0.2, 0.25) is 0 Å². The van der Waals surface area contributed by atoms with Crippen molar-refractivity contribution in [2.24, 2.45) is 0 Å². The predicted molar refractivity (Wildman–Crippen MR) is 77.5 cm³/mol. The van der Waals surface area contributed by atoms with E-state index in [2.05, 4.69) is 5.32 Å². The molecule has 1 fully saturated rings. The fourth-order valence-corrected chi connectivity index (χ4v) is 2.68. The molecule has 1 aromatic carbocycles. The first-order valence-corrected chi connectivity index (χ1v) is 6.95. The van der Waals surface area contributed by atoms with Gasteiger partial charge in [0.1, 0.15) is 0 Å². The van der Waals surface area contributed by atoms with Gasteiger partial charge in [-0.15, -0.1) is 0 Å². The quantitative estimate of drug-likeness (QED) is 0.887. The molecule has 1 aliphatic heterocycles. The lowest BCUT2D eigenvalue weighted by Crippen LogP contribution is -2.41. The minimum Gasteiger partial charge on any atom is -0.493 e. The number of carbonyl (C=O) groups is 1. The highest BCUT2D eigenvalue weighted by atomic mass is 16.5. The van der Waals surface area contributed by atoms with Crippen LogP contribution in [-0.2, 0) is 0 Å². The maximum Gasteiger partial charge on any atom is 0.258 e. The maximum absolute atomic E-state index is 12.8. The van der Waals surface area contributed by atoms with Gasteiger partial charge in [0.15, 0.2) is 11.5 Å². The number of nitrogens with one attached hydrogen (secondary N) is 1. The second-order valence-corrected chi connectivity index (χ2v) is 4.78. The number of para-hydroxylation sites is 1. The van der Waals surface area contributed by atoms with Crippen LogP contribution in [0, 0.1) is 0 Å². The molecule has 1 aliphatic rings. The van der Waals surface area contributed by atoms with Crippen molar-refractivity contribution in [1.82, 2.24) is 10.2 Å². The van der Waals surface area contributed by atoms with E-state index in [1.807, 2.05) is 17.9 Å². The van der Waals surface area contributed by atoms with Crippen LogP contribution in [0.5, 0.6) is 11.5 Å². The lowest BCUT2D eigenvalue weighted by molar-refractivity contribution is 0.0699. The van der Waals surface area contributed by atoms with Crippen molar-refractivity contribution in [3.05, 3.63) is 23.8 Å². The molecule has 1 saturated heterocycles. The van der Waals surface area contributed by atoms with Crippen LogP contribution in [-0.4, -0.2) is 50.7 Å². The average Bonchev–Trinajstić information content (AvgIpc) is 3.00. The SMILES string of the molecule is CCN(C(=O)c1cccc(OC)c1OC)C1CCNC1. The van der Waals surface area contributed by atoms with Gasteiger partial charge in [-0.05, 0) is 32.0 Å². The topological polar surface area (TPSA) is 50.8 Å². The second kappa shape index (κ2) is 6.61. The summed E-state index contributed by atoms with van der Waals surface area (Å²) < 4.78 is 10.6. The zero-order valence-electron chi connectivity index (χ0n) is 12.3. The smallest absolute Gasteiger partial charge is 0.258 e. The molecule has 0 saturated carbocycles. The minimum absolute atomic E-state index is 0.00282. The molecule has 1 heterocycles. The molecule has 1 aromatic rings. The van der Waals surface area contributed by atoms with Gasteiger partial charge in [-0.2, -0.15) is 0 Å². The lowest BCUT2D eigenvalue weighted by atomic mass is 10.1. The van der Waals surface area contributed by atoms with E-state index in [9.17, 15) is 4.79 Å². The highest BCUT2D eigenvalue weighted by Gasteiger charge is 2.28. The standard InChI is InChI=1S/C15H22N2O3/c1-4-17(11-8-9-16-10-11)15(18)12-6-5-7-13(19-2)14(12)20-3/h5-7,11,16H,4,8-10H2,1-3H3. The van der Waals surface area contributed by atoms with E-state index in [0.29, 0.717) is 23.6 Å². The van der Waals surface area contributed by atoms with Crippen molar-refractivity contribution in [2.45, 2.75) is 19.4 Å². The molecule has 110 valence electrons. The number of benzene rings is 1. The van der Waals surface area contributed by atoms with Gasteiger partial charge in [-0.25, -0.2) is 0 Å². The van der Waals surface area contributed by atoms with Crippen molar-refractivity contribution in [3.63, 3.8) is 0 Å². The zero-order valence-corrected chi connectivity index (χ0v) is 12.3. The van der Waals surface area contributed by atoms with Crippen molar-refractivity contribution in [1.29, 1.82) is 0 Å². The Bertz CT molecular complexity index is 470. The Kier molecular flexibility index (Phi) is 4.84. The van der Waals surface area contributed by atoms with Gasteiger partial charge < -0.3 is 19.7 Å². The lowest BCUT2D eigenvalue weighted by Gasteiger charge is -2.28. The molecule has 0 bridgehead atoms. The van der Waals surface area contributed by atoms with E-state index in [1.54, 1.807) is 26.4 Å². The van der Waals surface area contributed by atoms with E-state index >= 15 is 0 Å². The summed E-state index contributed by atoms with van der Waals surface area (Å²) in [6, 6.07) is 5.65. The van der Waals surface area contributed by atoms with Crippen LogP contribution in [0.3, 0.4) is 0 Å². The molecule has 1 unspecified atom stereocenters. The van der Waals surface area contributed by atoms with Crippen LogP contribution >= 0.6 is 0 Å². The average molecular weight is 278 g/mol. The Labute approximate surface area is 119 Å². The predicted octanol–water partition coefficient (Wildman–Crippen LogP) is 1.53. The van der Waals surface area contributed by atoms with Gasteiger partial charge in [-0.3, -0.25) is 4.79 Å². The van der Waals surface area contributed by atoms with Crippen molar-refractivity contribution < 1.29 is 14.3 Å². The molecule has 5 nitrogen and oxygen atoms in total. The molecule has 2 rings (SSSR count). The summed E-state index contributed by atoms with van der Waals surface area (Å²) in [6.07, 6.45) is 0.992. The third kappa shape index (κ3) is 2.72. The summed E-state index contributed by atoms with van der Waals surface area (Å²) in [5.74, 6) is 1.08. The molecule has 1 amide bonds. The van der Waals surface area contributed by atoms with Crippen molar-refractivity contribution in [3.8, 4) is 11.5 Å². The fourth-order valence-electron chi connectivity index (χ4n) is 2.68. The molecule has 1 N–H and O–H groups in total. The first kappa shape index (κ1) is 14.7.